The number of aryl methyl sites for hydroxylation is 1. The summed E-state index contributed by atoms with van der Waals surface area (Å²) in [5.41, 5.74) is 0.244. The second-order valence-corrected chi connectivity index (χ2v) is 7.47. The number of hydrogen-bond acceptors (Lipinski definition) is 7. The van der Waals surface area contributed by atoms with E-state index in [2.05, 4.69) is 0 Å². The van der Waals surface area contributed by atoms with Gasteiger partial charge in [0.1, 0.15) is 5.56 Å². The van der Waals surface area contributed by atoms with Crippen LogP contribution in [-0.4, -0.2) is 35.1 Å². The Morgan fingerprint density at radius 3 is 2.32 bits per heavy atom. The summed E-state index contributed by atoms with van der Waals surface area (Å²) in [5, 5.41) is 11.4. The number of Topliss-reactive ketones (excluding diaryl/α,β-unsaturated/α-hetero) is 1. The van der Waals surface area contributed by atoms with E-state index in [1.165, 1.54) is 36.4 Å². The fourth-order valence-corrected chi connectivity index (χ4v) is 3.70. The summed E-state index contributed by atoms with van der Waals surface area (Å²) in [6.45, 7) is 1.45. The van der Waals surface area contributed by atoms with E-state index in [1.807, 2.05) is 19.1 Å². The number of hydrogen-bond donors (Lipinski definition) is 0. The molecular formula is C25H18N2O7. The molecule has 1 aliphatic heterocycles. The summed E-state index contributed by atoms with van der Waals surface area (Å²) in [4.78, 5) is 62.5. The first-order valence-electron chi connectivity index (χ1n) is 10.4. The number of nitro benzene ring substituents is 1. The van der Waals surface area contributed by atoms with Crippen LogP contribution in [0.4, 0.5) is 11.4 Å². The zero-order chi connectivity index (χ0) is 24.4. The van der Waals surface area contributed by atoms with Crippen LogP contribution in [0.2, 0.25) is 0 Å². The van der Waals surface area contributed by atoms with Crippen molar-refractivity contribution in [2.24, 2.45) is 0 Å². The maximum atomic E-state index is 13.0. The molecule has 0 radical (unpaired) electrons. The second-order valence-electron chi connectivity index (χ2n) is 7.47. The third kappa shape index (κ3) is 3.95. The molecule has 1 heterocycles. The van der Waals surface area contributed by atoms with Crippen LogP contribution in [-0.2, 0) is 11.2 Å². The highest BCUT2D eigenvalue weighted by Crippen LogP contribution is 2.35. The first kappa shape index (κ1) is 22.5. The van der Waals surface area contributed by atoms with Crippen LogP contribution in [0.1, 0.15) is 53.9 Å². The number of para-hydroxylation sites is 1. The minimum absolute atomic E-state index is 0.0901. The number of imide groups is 1. The van der Waals surface area contributed by atoms with Gasteiger partial charge in [-0.15, -0.1) is 0 Å². The summed E-state index contributed by atoms with van der Waals surface area (Å²) in [5.74, 6) is -3.04. The topological polar surface area (TPSA) is 124 Å². The van der Waals surface area contributed by atoms with Crippen molar-refractivity contribution in [3.8, 4) is 0 Å². The molecule has 4 rings (SSSR count). The van der Waals surface area contributed by atoms with Gasteiger partial charge in [-0.3, -0.25) is 24.5 Å². The molecule has 3 aromatic rings. The molecule has 2 amide bonds. The van der Waals surface area contributed by atoms with Gasteiger partial charge in [0.25, 0.3) is 17.5 Å². The molecular weight excluding hydrogens is 440 g/mol. The molecule has 34 heavy (non-hydrogen) atoms. The monoisotopic (exact) mass is 458 g/mol. The lowest BCUT2D eigenvalue weighted by molar-refractivity contribution is -0.385. The molecule has 9 heteroatoms. The lowest BCUT2D eigenvalue weighted by atomic mass is 10.1. The van der Waals surface area contributed by atoms with Gasteiger partial charge in [0.05, 0.1) is 21.7 Å². The molecule has 3 aromatic carbocycles. The number of anilines is 1. The first-order valence-corrected chi connectivity index (χ1v) is 10.4. The predicted octanol–water partition coefficient (Wildman–Crippen LogP) is 4.00. The number of nitrogens with zero attached hydrogens (tertiary/aromatic N) is 2. The van der Waals surface area contributed by atoms with Gasteiger partial charge < -0.3 is 4.74 Å². The van der Waals surface area contributed by atoms with Gasteiger partial charge in [-0.05, 0) is 30.2 Å². The van der Waals surface area contributed by atoms with Gasteiger partial charge in [-0.25, -0.2) is 9.69 Å². The average Bonchev–Trinajstić information content (AvgIpc) is 3.12. The predicted molar refractivity (Wildman–Crippen MR) is 121 cm³/mol. The summed E-state index contributed by atoms with van der Waals surface area (Å²) >= 11 is 0. The van der Waals surface area contributed by atoms with Crippen molar-refractivity contribution in [3.05, 3.63) is 105 Å². The molecule has 1 aliphatic rings. The Morgan fingerprint density at radius 1 is 0.941 bits per heavy atom. The van der Waals surface area contributed by atoms with Crippen LogP contribution < -0.4 is 4.90 Å². The highest BCUT2D eigenvalue weighted by Gasteiger charge is 2.43. The molecule has 0 atom stereocenters. The van der Waals surface area contributed by atoms with Gasteiger partial charge in [0.15, 0.2) is 12.4 Å². The highest BCUT2D eigenvalue weighted by atomic mass is 16.6. The Balaban J connectivity index is 1.58. The number of nitro groups is 1. The number of fused-ring (bicyclic) bond motifs is 1. The van der Waals surface area contributed by atoms with E-state index in [-0.39, 0.29) is 22.4 Å². The van der Waals surface area contributed by atoms with Crippen molar-refractivity contribution in [1.29, 1.82) is 0 Å². The summed E-state index contributed by atoms with van der Waals surface area (Å²) in [6.07, 6.45) is 0.821. The lowest BCUT2D eigenvalue weighted by Gasteiger charge is -2.17. The number of carbonyl (C=O) groups excluding carboxylic acids is 4. The molecule has 9 nitrogen and oxygen atoms in total. The third-order valence-electron chi connectivity index (χ3n) is 5.47. The van der Waals surface area contributed by atoms with Crippen LogP contribution in [0.3, 0.4) is 0 Å². The SMILES string of the molecule is CCc1ccc(C(=O)COC(=O)c2ccccc2N2C(=O)c3cccc([N+](=O)[O-])c3C2=O)cc1. The molecule has 0 saturated carbocycles. The Labute approximate surface area is 193 Å². The largest absolute Gasteiger partial charge is 0.454 e. The van der Waals surface area contributed by atoms with E-state index in [4.69, 9.17) is 4.74 Å². The average molecular weight is 458 g/mol. The highest BCUT2D eigenvalue weighted by molar-refractivity contribution is 6.36. The molecule has 0 unspecified atom stereocenters. The Hall–Kier alpha value is -4.66. The van der Waals surface area contributed by atoms with E-state index < -0.39 is 40.8 Å². The number of rotatable bonds is 7. The van der Waals surface area contributed by atoms with Gasteiger partial charge in [0.2, 0.25) is 0 Å². The summed E-state index contributed by atoms with van der Waals surface area (Å²) < 4.78 is 5.16. The van der Waals surface area contributed by atoms with E-state index in [0.717, 1.165) is 18.1 Å². The van der Waals surface area contributed by atoms with Gasteiger partial charge in [-0.2, -0.15) is 0 Å². The van der Waals surface area contributed by atoms with Gasteiger partial charge in [0, 0.05) is 11.6 Å². The number of ether oxygens (including phenoxy) is 1. The maximum Gasteiger partial charge on any atom is 0.340 e. The van der Waals surface area contributed by atoms with Gasteiger partial charge in [-0.1, -0.05) is 49.4 Å². The van der Waals surface area contributed by atoms with Crippen molar-refractivity contribution in [1.82, 2.24) is 0 Å². The zero-order valence-electron chi connectivity index (χ0n) is 18.0. The lowest BCUT2D eigenvalue weighted by Crippen LogP contribution is -2.31. The summed E-state index contributed by atoms with van der Waals surface area (Å²) in [6, 6.07) is 16.4. The second kappa shape index (κ2) is 9.07. The third-order valence-corrected chi connectivity index (χ3v) is 5.47. The fourth-order valence-electron chi connectivity index (χ4n) is 3.70. The number of ketones is 1. The van der Waals surface area contributed by atoms with Crippen LogP contribution >= 0.6 is 0 Å². The van der Waals surface area contributed by atoms with E-state index in [9.17, 15) is 29.3 Å². The molecule has 0 spiro atoms. The van der Waals surface area contributed by atoms with Crippen LogP contribution in [0, 0.1) is 10.1 Å². The zero-order valence-corrected chi connectivity index (χ0v) is 18.0. The Kier molecular flexibility index (Phi) is 6.01. The van der Waals surface area contributed by atoms with E-state index >= 15 is 0 Å². The normalized spacial score (nSPS) is 12.4. The molecule has 0 bridgehead atoms. The summed E-state index contributed by atoms with van der Waals surface area (Å²) in [7, 11) is 0. The van der Waals surface area contributed by atoms with Crippen LogP contribution in [0.15, 0.2) is 66.7 Å². The van der Waals surface area contributed by atoms with E-state index in [1.54, 1.807) is 12.1 Å². The van der Waals surface area contributed by atoms with Crippen molar-refractivity contribution >= 4 is 34.9 Å². The number of carbonyl (C=O) groups is 4. The van der Waals surface area contributed by atoms with Crippen LogP contribution in [0.25, 0.3) is 0 Å². The number of amides is 2. The van der Waals surface area contributed by atoms with Crippen LogP contribution in [0.5, 0.6) is 0 Å². The Morgan fingerprint density at radius 2 is 1.65 bits per heavy atom. The fraction of sp³-hybridized carbons (Fsp3) is 0.120. The quantitative estimate of drug-likeness (QED) is 0.172. The van der Waals surface area contributed by atoms with Crippen molar-refractivity contribution in [2.75, 3.05) is 11.5 Å². The van der Waals surface area contributed by atoms with Gasteiger partial charge >= 0.3 is 5.97 Å². The smallest absolute Gasteiger partial charge is 0.340 e. The first-order chi connectivity index (χ1) is 16.3. The van der Waals surface area contributed by atoms with E-state index in [0.29, 0.717) is 10.5 Å². The maximum absolute atomic E-state index is 13.0. The standard InChI is InChI=1S/C25H18N2O7/c1-2-15-10-12-16(13-11-15)21(28)14-34-25(31)17-6-3-4-8-19(17)26-23(29)18-7-5-9-20(27(32)33)22(18)24(26)30/h3-13H,2,14H2,1H3. The molecule has 0 saturated heterocycles. The molecule has 0 aliphatic carbocycles. The minimum Gasteiger partial charge on any atom is -0.454 e. The molecule has 0 fully saturated rings. The Bertz CT molecular complexity index is 1350. The molecule has 170 valence electrons. The minimum atomic E-state index is -0.917. The number of esters is 1. The molecule has 0 aromatic heterocycles. The van der Waals surface area contributed by atoms with Crippen molar-refractivity contribution < 1.29 is 28.8 Å². The number of benzene rings is 3. The molecule has 0 N–H and O–H groups in total. The van der Waals surface area contributed by atoms with Crippen molar-refractivity contribution in [2.45, 2.75) is 13.3 Å². The van der Waals surface area contributed by atoms with Crippen molar-refractivity contribution in [3.63, 3.8) is 0 Å².